The van der Waals surface area contributed by atoms with Gasteiger partial charge in [0.15, 0.2) is 9.84 Å². The molecule has 1 amide bonds. The van der Waals surface area contributed by atoms with Crippen LogP contribution in [0.3, 0.4) is 0 Å². The summed E-state index contributed by atoms with van der Waals surface area (Å²) >= 11 is 0.988. The molecule has 1 saturated carbocycles. The van der Waals surface area contributed by atoms with Gasteiger partial charge in [0.2, 0.25) is 0 Å². The highest BCUT2D eigenvalue weighted by atomic mass is 32.2. The fraction of sp³-hybridized carbons (Fsp3) is 0.571. The van der Waals surface area contributed by atoms with Crippen LogP contribution in [0, 0.1) is 5.92 Å². The van der Waals surface area contributed by atoms with Gasteiger partial charge in [0.25, 0.3) is 5.91 Å². The van der Waals surface area contributed by atoms with Crippen molar-refractivity contribution in [1.82, 2.24) is 5.32 Å². The van der Waals surface area contributed by atoms with E-state index in [0.29, 0.717) is 12.8 Å². The molecule has 1 aliphatic carbocycles. The Kier molecular flexibility index (Phi) is 4.62. The molecule has 2 rings (SSSR count). The number of carbonyl (C=O) groups excluding carboxylic acids is 1. The third kappa shape index (κ3) is 3.49. The average Bonchev–Trinajstić information content (AvgIpc) is 2.87. The molecular formula is C14H19NO5S2. The zero-order valence-electron chi connectivity index (χ0n) is 12.5. The van der Waals surface area contributed by atoms with E-state index in [1.165, 1.54) is 11.4 Å². The van der Waals surface area contributed by atoms with E-state index in [-0.39, 0.29) is 9.77 Å². The number of nitrogens with one attached hydrogen (secondary N) is 1. The summed E-state index contributed by atoms with van der Waals surface area (Å²) in [5.41, 5.74) is -0.560. The zero-order chi connectivity index (χ0) is 16.5. The number of thiophene rings is 1. The maximum absolute atomic E-state index is 12.3. The Hall–Kier alpha value is -1.41. The van der Waals surface area contributed by atoms with E-state index in [1.54, 1.807) is 6.92 Å². The Morgan fingerprint density at radius 3 is 2.64 bits per heavy atom. The molecule has 6 nitrogen and oxygen atoms in total. The highest BCUT2D eigenvalue weighted by molar-refractivity contribution is 7.92. The molecule has 0 aromatic carbocycles. The second kappa shape index (κ2) is 6.00. The van der Waals surface area contributed by atoms with Crippen molar-refractivity contribution in [2.45, 2.75) is 42.4 Å². The number of aliphatic carboxylic acids is 1. The van der Waals surface area contributed by atoms with E-state index in [2.05, 4.69) is 5.32 Å². The van der Waals surface area contributed by atoms with Gasteiger partial charge in [-0.15, -0.1) is 11.3 Å². The molecule has 1 fully saturated rings. The topological polar surface area (TPSA) is 101 Å². The number of rotatable bonds is 4. The minimum atomic E-state index is -3.34. The Morgan fingerprint density at radius 1 is 1.41 bits per heavy atom. The monoisotopic (exact) mass is 345 g/mol. The standard InChI is InChI=1S/C14H19NO5S2/c1-14(6-4-3-5-10(14)13(17)18)15-12(16)9-7-11(21-8-9)22(2,19)20/h7-8,10H,3-6H2,1-2H3,(H,15,16)(H,17,18). The number of hydrogen-bond donors (Lipinski definition) is 2. The summed E-state index contributed by atoms with van der Waals surface area (Å²) in [5, 5.41) is 13.6. The number of hydrogen-bond acceptors (Lipinski definition) is 5. The number of carboxylic acids is 1. The van der Waals surface area contributed by atoms with Crippen molar-refractivity contribution in [1.29, 1.82) is 0 Å². The molecule has 22 heavy (non-hydrogen) atoms. The Labute approximate surface area is 133 Å². The smallest absolute Gasteiger partial charge is 0.308 e. The third-order valence-electron chi connectivity index (χ3n) is 4.11. The molecule has 2 atom stereocenters. The van der Waals surface area contributed by atoms with Crippen molar-refractivity contribution in [2.24, 2.45) is 5.92 Å². The third-order valence-corrected chi connectivity index (χ3v) is 6.88. The normalized spacial score (nSPS) is 25.6. The zero-order valence-corrected chi connectivity index (χ0v) is 14.1. The van der Waals surface area contributed by atoms with E-state index < -0.39 is 33.2 Å². The van der Waals surface area contributed by atoms with Gasteiger partial charge in [-0.2, -0.15) is 0 Å². The van der Waals surface area contributed by atoms with E-state index in [0.717, 1.165) is 30.4 Å². The van der Waals surface area contributed by atoms with Gasteiger partial charge in [0, 0.05) is 11.6 Å². The van der Waals surface area contributed by atoms with Crippen molar-refractivity contribution in [3.63, 3.8) is 0 Å². The van der Waals surface area contributed by atoms with Crippen molar-refractivity contribution in [3.05, 3.63) is 17.0 Å². The summed E-state index contributed by atoms with van der Waals surface area (Å²) < 4.78 is 23.1. The molecule has 1 heterocycles. The molecule has 8 heteroatoms. The van der Waals surface area contributed by atoms with Gasteiger partial charge in [-0.25, -0.2) is 8.42 Å². The van der Waals surface area contributed by atoms with Crippen LogP contribution < -0.4 is 5.32 Å². The van der Waals surface area contributed by atoms with Crippen LogP contribution >= 0.6 is 11.3 Å². The minimum Gasteiger partial charge on any atom is -0.481 e. The quantitative estimate of drug-likeness (QED) is 0.868. The molecule has 0 bridgehead atoms. The maximum atomic E-state index is 12.3. The summed E-state index contributed by atoms with van der Waals surface area (Å²) in [4.78, 5) is 23.7. The van der Waals surface area contributed by atoms with Crippen molar-refractivity contribution in [3.8, 4) is 0 Å². The van der Waals surface area contributed by atoms with Gasteiger partial charge in [-0.05, 0) is 25.8 Å². The van der Waals surface area contributed by atoms with Gasteiger partial charge in [0.1, 0.15) is 4.21 Å². The molecule has 0 spiro atoms. The maximum Gasteiger partial charge on any atom is 0.308 e. The second-order valence-corrected chi connectivity index (χ2v) is 9.09. The molecular weight excluding hydrogens is 326 g/mol. The first-order valence-corrected chi connectivity index (χ1v) is 9.74. The Bertz CT molecular complexity index is 694. The van der Waals surface area contributed by atoms with Crippen molar-refractivity contribution in [2.75, 3.05) is 6.26 Å². The molecule has 0 radical (unpaired) electrons. The first kappa shape index (κ1) is 17.0. The van der Waals surface area contributed by atoms with Crippen LogP contribution in [0.25, 0.3) is 0 Å². The second-order valence-electron chi connectivity index (χ2n) is 5.93. The van der Waals surface area contributed by atoms with Gasteiger partial charge < -0.3 is 10.4 Å². The summed E-state index contributed by atoms with van der Waals surface area (Å²) in [5.74, 6) is -1.97. The SMILES string of the molecule is CC1(NC(=O)c2csc(S(C)(=O)=O)c2)CCCCC1C(=O)O. The predicted octanol–water partition coefficient (Wildman–Crippen LogP) is 1.91. The van der Waals surface area contributed by atoms with Gasteiger partial charge in [-0.3, -0.25) is 9.59 Å². The lowest BCUT2D eigenvalue weighted by Crippen LogP contribution is -2.55. The van der Waals surface area contributed by atoms with Crippen LogP contribution in [0.5, 0.6) is 0 Å². The molecule has 1 aliphatic rings. The van der Waals surface area contributed by atoms with Crippen LogP contribution in [0.1, 0.15) is 43.0 Å². The van der Waals surface area contributed by atoms with Crippen molar-refractivity contribution < 1.29 is 23.1 Å². The highest BCUT2D eigenvalue weighted by Crippen LogP contribution is 2.34. The molecule has 0 saturated heterocycles. The van der Waals surface area contributed by atoms with Crippen LogP contribution in [0.15, 0.2) is 15.7 Å². The summed E-state index contributed by atoms with van der Waals surface area (Å²) in [6.45, 7) is 1.74. The van der Waals surface area contributed by atoms with Gasteiger partial charge in [0.05, 0.1) is 17.0 Å². The van der Waals surface area contributed by atoms with Crippen LogP contribution in [0.4, 0.5) is 0 Å². The fourth-order valence-electron chi connectivity index (χ4n) is 2.84. The summed E-state index contributed by atoms with van der Waals surface area (Å²) in [6, 6.07) is 1.33. The van der Waals surface area contributed by atoms with Crippen LogP contribution in [-0.2, 0) is 14.6 Å². The highest BCUT2D eigenvalue weighted by Gasteiger charge is 2.42. The molecule has 2 unspecified atom stereocenters. The lowest BCUT2D eigenvalue weighted by molar-refractivity contribution is -0.145. The molecule has 0 aliphatic heterocycles. The van der Waals surface area contributed by atoms with Gasteiger partial charge >= 0.3 is 5.97 Å². The molecule has 122 valence electrons. The first-order valence-electron chi connectivity index (χ1n) is 6.97. The lowest BCUT2D eigenvalue weighted by Gasteiger charge is -2.39. The van der Waals surface area contributed by atoms with E-state index in [1.807, 2.05) is 0 Å². The van der Waals surface area contributed by atoms with E-state index in [9.17, 15) is 23.1 Å². The molecule has 1 aromatic rings. The average molecular weight is 345 g/mol. The van der Waals surface area contributed by atoms with Crippen LogP contribution in [-0.4, -0.2) is 37.2 Å². The van der Waals surface area contributed by atoms with Crippen LogP contribution in [0.2, 0.25) is 0 Å². The number of carboxylic acid groups (broad SMARTS) is 1. The fourth-order valence-corrected chi connectivity index (χ4v) is 4.64. The number of amides is 1. The van der Waals surface area contributed by atoms with Gasteiger partial charge in [-0.1, -0.05) is 12.8 Å². The number of carbonyl (C=O) groups is 2. The van der Waals surface area contributed by atoms with Crippen molar-refractivity contribution >= 4 is 33.1 Å². The molecule has 1 aromatic heterocycles. The van der Waals surface area contributed by atoms with E-state index >= 15 is 0 Å². The summed E-state index contributed by atoms with van der Waals surface area (Å²) in [6.07, 6.45) is 3.91. The molecule has 2 N–H and O–H groups in total. The Balaban J connectivity index is 2.20. The first-order chi connectivity index (χ1) is 10.1. The number of sulfone groups is 1. The lowest BCUT2D eigenvalue weighted by atomic mass is 9.74. The summed E-state index contributed by atoms with van der Waals surface area (Å²) in [7, 11) is -3.34. The predicted molar refractivity (Wildman–Crippen MR) is 82.9 cm³/mol. The Morgan fingerprint density at radius 2 is 2.09 bits per heavy atom. The van der Waals surface area contributed by atoms with E-state index in [4.69, 9.17) is 0 Å². The minimum absolute atomic E-state index is 0.126. The largest absolute Gasteiger partial charge is 0.481 e.